The summed E-state index contributed by atoms with van der Waals surface area (Å²) in [6.07, 6.45) is -8.49. The lowest BCUT2D eigenvalue weighted by molar-refractivity contribution is -0.189. The number of halogens is 6. The minimum atomic E-state index is -5.17. The SMILES string of the molecule is CN.O=C(Oc1ccc(-c2nc3c(-c4cccc(C(F)(F)F)c4)c[nH]c(=O)c3cc2-c2ccccc2)cc1)C(F)(F)F. The van der Waals surface area contributed by atoms with Gasteiger partial charge in [-0.05, 0) is 60.6 Å². The van der Waals surface area contributed by atoms with Crippen LogP contribution in [0.1, 0.15) is 5.56 Å². The molecule has 2 aromatic heterocycles. The van der Waals surface area contributed by atoms with E-state index in [9.17, 15) is 35.9 Å². The predicted molar refractivity (Wildman–Crippen MR) is 145 cm³/mol. The molecule has 0 unspecified atom stereocenters. The maximum absolute atomic E-state index is 13.4. The Morgan fingerprint density at radius 2 is 1.43 bits per heavy atom. The first-order valence-electron chi connectivity index (χ1n) is 12.2. The summed E-state index contributed by atoms with van der Waals surface area (Å²) in [5.41, 5.74) is 5.45. The topological polar surface area (TPSA) is 98.1 Å². The molecule has 0 saturated heterocycles. The summed E-state index contributed by atoms with van der Waals surface area (Å²) in [6, 6.07) is 20.0. The molecule has 0 radical (unpaired) electrons. The van der Waals surface area contributed by atoms with Crippen LogP contribution in [0, 0.1) is 0 Å². The second-order valence-corrected chi connectivity index (χ2v) is 8.67. The van der Waals surface area contributed by atoms with Gasteiger partial charge >= 0.3 is 18.3 Å². The van der Waals surface area contributed by atoms with Gasteiger partial charge in [-0.25, -0.2) is 9.78 Å². The van der Waals surface area contributed by atoms with Crippen molar-refractivity contribution in [2.24, 2.45) is 5.73 Å². The smallest absolute Gasteiger partial charge is 0.420 e. The van der Waals surface area contributed by atoms with Crippen LogP contribution in [0.4, 0.5) is 26.3 Å². The van der Waals surface area contributed by atoms with Crippen LogP contribution in [0.15, 0.2) is 95.9 Å². The number of benzene rings is 3. The number of fused-ring (bicyclic) bond motifs is 1. The normalized spacial score (nSPS) is 11.5. The fourth-order valence-corrected chi connectivity index (χ4v) is 4.16. The first-order chi connectivity index (χ1) is 19.9. The van der Waals surface area contributed by atoms with E-state index in [4.69, 9.17) is 4.98 Å². The number of hydrogen-bond acceptors (Lipinski definition) is 5. The fourth-order valence-electron chi connectivity index (χ4n) is 4.16. The molecule has 0 atom stereocenters. The van der Waals surface area contributed by atoms with E-state index in [-0.39, 0.29) is 27.8 Å². The van der Waals surface area contributed by atoms with Crippen molar-refractivity contribution in [3.05, 3.63) is 107 Å². The highest BCUT2D eigenvalue weighted by molar-refractivity contribution is 5.98. The van der Waals surface area contributed by atoms with E-state index >= 15 is 0 Å². The summed E-state index contributed by atoms with van der Waals surface area (Å²) in [5.74, 6) is -2.73. The molecule has 5 rings (SSSR count). The number of carbonyl (C=O) groups is 1. The van der Waals surface area contributed by atoms with Crippen molar-refractivity contribution in [1.29, 1.82) is 0 Å². The molecule has 0 aliphatic heterocycles. The van der Waals surface area contributed by atoms with Gasteiger partial charge in [0.05, 0.1) is 22.2 Å². The number of hydrogen-bond donors (Lipinski definition) is 2. The summed E-state index contributed by atoms with van der Waals surface area (Å²) < 4.78 is 82.3. The first-order valence-corrected chi connectivity index (χ1v) is 12.2. The molecule has 6 nitrogen and oxygen atoms in total. The number of rotatable bonds is 4. The van der Waals surface area contributed by atoms with Crippen molar-refractivity contribution in [3.63, 3.8) is 0 Å². The standard InChI is InChI=1S/C29H16F6N2O3.CH5N/c30-28(31,32)19-8-4-7-18(13-19)23-15-36-26(38)22-14-21(16-5-2-1-3-6-16)24(37-25(22)23)17-9-11-20(12-10-17)40-27(39)29(33,34)35;1-2/h1-15H,(H,36,38);2H2,1H3. The third-order valence-electron chi connectivity index (χ3n) is 6.03. The fraction of sp³-hybridized carbons (Fsp3) is 0.100. The summed E-state index contributed by atoms with van der Waals surface area (Å²) in [7, 11) is 1.50. The van der Waals surface area contributed by atoms with E-state index in [1.807, 2.05) is 0 Å². The largest absolute Gasteiger partial charge is 0.491 e. The number of esters is 1. The van der Waals surface area contributed by atoms with Gasteiger partial charge in [0.1, 0.15) is 5.75 Å². The third-order valence-corrected chi connectivity index (χ3v) is 6.03. The zero-order chi connectivity index (χ0) is 30.7. The van der Waals surface area contributed by atoms with Crippen molar-refractivity contribution >= 4 is 16.9 Å². The molecule has 0 bridgehead atoms. The lowest BCUT2D eigenvalue weighted by Crippen LogP contribution is -2.27. The minimum Gasteiger partial charge on any atom is -0.420 e. The van der Waals surface area contributed by atoms with E-state index in [0.29, 0.717) is 22.4 Å². The van der Waals surface area contributed by atoms with Crippen LogP contribution in [0.2, 0.25) is 0 Å². The lowest BCUT2D eigenvalue weighted by atomic mass is 9.95. The highest BCUT2D eigenvalue weighted by atomic mass is 19.4. The number of alkyl halides is 6. The second kappa shape index (κ2) is 11.9. The van der Waals surface area contributed by atoms with Crippen LogP contribution in [0.3, 0.4) is 0 Å². The van der Waals surface area contributed by atoms with Gasteiger partial charge < -0.3 is 15.5 Å². The van der Waals surface area contributed by atoms with Gasteiger partial charge in [-0.3, -0.25) is 4.79 Å². The second-order valence-electron chi connectivity index (χ2n) is 8.67. The van der Waals surface area contributed by atoms with Gasteiger partial charge in [0.2, 0.25) is 0 Å². The van der Waals surface area contributed by atoms with Gasteiger partial charge in [-0.1, -0.05) is 42.5 Å². The number of nitrogens with one attached hydrogen (secondary N) is 1. The molecule has 0 aliphatic rings. The molecule has 0 saturated carbocycles. The summed E-state index contributed by atoms with van der Waals surface area (Å²) in [5, 5.41) is 0.119. The van der Waals surface area contributed by atoms with Crippen molar-refractivity contribution in [3.8, 4) is 39.3 Å². The Kier molecular flexibility index (Phi) is 8.48. The van der Waals surface area contributed by atoms with Crippen molar-refractivity contribution in [1.82, 2.24) is 9.97 Å². The molecule has 0 aliphatic carbocycles. The van der Waals surface area contributed by atoms with Crippen LogP contribution in [-0.4, -0.2) is 29.2 Å². The van der Waals surface area contributed by atoms with Crippen LogP contribution in [-0.2, 0) is 11.0 Å². The molecule has 0 fully saturated rings. The number of carbonyl (C=O) groups excluding carboxylic acids is 1. The van der Waals surface area contributed by atoms with Crippen LogP contribution < -0.4 is 16.0 Å². The predicted octanol–water partition coefficient (Wildman–Crippen LogP) is 6.99. The number of pyridine rings is 2. The highest BCUT2D eigenvalue weighted by Crippen LogP contribution is 2.37. The molecule has 42 heavy (non-hydrogen) atoms. The Hall–Kier alpha value is -4.97. The van der Waals surface area contributed by atoms with Crippen LogP contribution in [0.5, 0.6) is 5.75 Å². The molecular formula is C30H21F6N3O3. The number of nitrogens with two attached hydrogens (primary N) is 1. The average Bonchev–Trinajstić information content (AvgIpc) is 2.98. The summed E-state index contributed by atoms with van der Waals surface area (Å²) in [6.45, 7) is 0. The van der Waals surface area contributed by atoms with Crippen molar-refractivity contribution in [2.45, 2.75) is 12.4 Å². The lowest BCUT2D eigenvalue weighted by Gasteiger charge is -2.15. The first kappa shape index (κ1) is 30.0. The van der Waals surface area contributed by atoms with Crippen molar-refractivity contribution < 1.29 is 35.9 Å². The summed E-state index contributed by atoms with van der Waals surface area (Å²) in [4.78, 5) is 31.3. The Balaban J connectivity index is 0.00000198. The minimum absolute atomic E-state index is 0.116. The number of aromatic amines is 1. The van der Waals surface area contributed by atoms with Gasteiger partial charge in [0.25, 0.3) is 5.56 Å². The zero-order valence-corrected chi connectivity index (χ0v) is 21.7. The van der Waals surface area contributed by atoms with E-state index < -0.39 is 29.4 Å². The third kappa shape index (κ3) is 6.33. The van der Waals surface area contributed by atoms with E-state index in [1.54, 1.807) is 36.4 Å². The Morgan fingerprint density at radius 3 is 2.05 bits per heavy atom. The molecule has 5 aromatic rings. The maximum Gasteiger partial charge on any atom is 0.491 e. The number of ether oxygens (including phenoxy) is 1. The molecular weight excluding hydrogens is 564 g/mol. The number of H-pyrrole nitrogens is 1. The van der Waals surface area contributed by atoms with E-state index in [0.717, 1.165) is 24.3 Å². The van der Waals surface area contributed by atoms with Gasteiger partial charge in [-0.15, -0.1) is 0 Å². The number of nitrogens with zero attached hydrogens (tertiary/aromatic N) is 1. The maximum atomic E-state index is 13.4. The molecule has 12 heteroatoms. The van der Waals surface area contributed by atoms with Gasteiger partial charge in [0, 0.05) is 22.9 Å². The molecule has 0 amide bonds. The monoisotopic (exact) mass is 585 g/mol. The van der Waals surface area contributed by atoms with Gasteiger partial charge in [0.15, 0.2) is 0 Å². The molecule has 2 heterocycles. The van der Waals surface area contributed by atoms with Gasteiger partial charge in [-0.2, -0.15) is 26.3 Å². The van der Waals surface area contributed by atoms with E-state index in [1.165, 1.54) is 37.5 Å². The zero-order valence-electron chi connectivity index (χ0n) is 21.7. The van der Waals surface area contributed by atoms with E-state index in [2.05, 4.69) is 15.5 Å². The highest BCUT2D eigenvalue weighted by Gasteiger charge is 2.41. The number of aromatic nitrogens is 2. The summed E-state index contributed by atoms with van der Waals surface area (Å²) >= 11 is 0. The quantitative estimate of drug-likeness (QED) is 0.135. The Morgan fingerprint density at radius 1 is 0.786 bits per heavy atom. The molecule has 216 valence electrons. The Labute approximate surface area is 234 Å². The molecule has 3 aromatic carbocycles. The van der Waals surface area contributed by atoms with Crippen LogP contribution in [0.25, 0.3) is 44.4 Å². The van der Waals surface area contributed by atoms with Crippen LogP contribution >= 0.6 is 0 Å². The molecule has 3 N–H and O–H groups in total. The molecule has 0 spiro atoms. The average molecular weight is 586 g/mol. The Bertz CT molecular complexity index is 1780. The van der Waals surface area contributed by atoms with Crippen molar-refractivity contribution in [2.75, 3.05) is 7.05 Å².